The van der Waals surface area contributed by atoms with Gasteiger partial charge in [0.15, 0.2) is 0 Å². The molecule has 1 aliphatic rings. The normalized spacial score (nSPS) is 18.8. The van der Waals surface area contributed by atoms with Crippen LogP contribution < -0.4 is 10.5 Å². The smallest absolute Gasteiger partial charge is 0.123 e. The molecule has 2 N–H and O–H groups in total. The molecule has 19 heavy (non-hydrogen) atoms. The summed E-state index contributed by atoms with van der Waals surface area (Å²) in [6, 6.07) is 4.35. The molecule has 0 amide bonds. The molecule has 106 valence electrons. The predicted molar refractivity (Wildman–Crippen MR) is 77.8 cm³/mol. The molecular weight excluding hydrogens is 238 g/mol. The van der Waals surface area contributed by atoms with Gasteiger partial charge in [-0.05, 0) is 49.9 Å². The van der Waals surface area contributed by atoms with Gasteiger partial charge in [-0.1, -0.05) is 13.0 Å². The predicted octanol–water partition coefficient (Wildman–Crippen LogP) is 2.56. The number of hydrogen-bond acceptors (Lipinski definition) is 3. The van der Waals surface area contributed by atoms with E-state index in [2.05, 4.69) is 32.9 Å². The van der Waals surface area contributed by atoms with E-state index in [-0.39, 0.29) is 5.41 Å². The molecule has 1 fully saturated rings. The molecule has 0 bridgehead atoms. The largest absolute Gasteiger partial charge is 0.496 e. The minimum Gasteiger partial charge on any atom is -0.496 e. The third kappa shape index (κ3) is 2.37. The number of nitrogens with two attached hydrogens (primary N) is 1. The summed E-state index contributed by atoms with van der Waals surface area (Å²) in [6.07, 6.45) is 1.01. The molecule has 1 aliphatic heterocycles. The lowest BCUT2D eigenvalue weighted by Gasteiger charge is -2.47. The first-order valence-corrected chi connectivity index (χ1v) is 6.98. The molecule has 0 aliphatic carbocycles. The second-order valence-electron chi connectivity index (χ2n) is 5.79. The second kappa shape index (κ2) is 5.51. The van der Waals surface area contributed by atoms with Crippen molar-refractivity contribution in [2.24, 2.45) is 11.7 Å². The summed E-state index contributed by atoms with van der Waals surface area (Å²) in [7, 11) is 1.75. The van der Waals surface area contributed by atoms with Crippen molar-refractivity contribution in [2.75, 3.05) is 26.9 Å². The molecule has 1 heterocycles. The molecule has 1 unspecified atom stereocenters. The summed E-state index contributed by atoms with van der Waals surface area (Å²) in [5.41, 5.74) is 9.66. The molecular formula is C16H25NO2. The summed E-state index contributed by atoms with van der Waals surface area (Å²) < 4.78 is 11.2. The van der Waals surface area contributed by atoms with Crippen LogP contribution in [0.4, 0.5) is 0 Å². The van der Waals surface area contributed by atoms with Crippen LogP contribution in [0.3, 0.4) is 0 Å². The van der Waals surface area contributed by atoms with E-state index in [9.17, 15) is 0 Å². The van der Waals surface area contributed by atoms with Gasteiger partial charge in [0.2, 0.25) is 0 Å². The third-order valence-electron chi connectivity index (χ3n) is 4.42. The van der Waals surface area contributed by atoms with E-state index in [0.29, 0.717) is 5.92 Å². The standard InChI is InChI=1S/C16H25NO2/c1-11-7-12(2)15(14(8-11)18-4)16(9-19-10-16)13(3)5-6-17/h7-8,13H,5-6,9-10,17H2,1-4H3. The lowest BCUT2D eigenvalue weighted by Crippen LogP contribution is -2.52. The van der Waals surface area contributed by atoms with Crippen molar-refractivity contribution in [3.63, 3.8) is 0 Å². The average Bonchev–Trinajstić information content (AvgIpc) is 2.30. The fourth-order valence-corrected chi connectivity index (χ4v) is 3.25. The van der Waals surface area contributed by atoms with Gasteiger partial charge in [0.05, 0.1) is 20.3 Å². The van der Waals surface area contributed by atoms with Crippen LogP contribution in [0.25, 0.3) is 0 Å². The summed E-state index contributed by atoms with van der Waals surface area (Å²) in [6.45, 7) is 8.81. The lowest BCUT2D eigenvalue weighted by molar-refractivity contribution is -0.0894. The molecule has 2 rings (SSSR count). The molecule has 3 heteroatoms. The summed E-state index contributed by atoms with van der Waals surface area (Å²) >= 11 is 0. The highest BCUT2D eigenvalue weighted by Gasteiger charge is 2.47. The highest BCUT2D eigenvalue weighted by Crippen LogP contribution is 2.46. The monoisotopic (exact) mass is 263 g/mol. The molecule has 1 atom stereocenters. The van der Waals surface area contributed by atoms with E-state index in [1.165, 1.54) is 16.7 Å². The van der Waals surface area contributed by atoms with E-state index < -0.39 is 0 Å². The van der Waals surface area contributed by atoms with Crippen molar-refractivity contribution in [2.45, 2.75) is 32.6 Å². The van der Waals surface area contributed by atoms with Crippen molar-refractivity contribution >= 4 is 0 Å². The van der Waals surface area contributed by atoms with Crippen molar-refractivity contribution in [3.8, 4) is 5.75 Å². The molecule has 0 spiro atoms. The Bertz CT molecular complexity index is 452. The molecule has 0 radical (unpaired) electrons. The first-order chi connectivity index (χ1) is 9.05. The van der Waals surface area contributed by atoms with Gasteiger partial charge in [-0.2, -0.15) is 0 Å². The first-order valence-electron chi connectivity index (χ1n) is 6.98. The average molecular weight is 263 g/mol. The number of aryl methyl sites for hydroxylation is 2. The maximum atomic E-state index is 5.74. The van der Waals surface area contributed by atoms with Gasteiger partial charge in [-0.15, -0.1) is 0 Å². The zero-order valence-corrected chi connectivity index (χ0v) is 12.5. The van der Waals surface area contributed by atoms with Crippen molar-refractivity contribution in [1.82, 2.24) is 0 Å². The van der Waals surface area contributed by atoms with Crippen molar-refractivity contribution < 1.29 is 9.47 Å². The topological polar surface area (TPSA) is 44.5 Å². The maximum absolute atomic E-state index is 5.74. The van der Waals surface area contributed by atoms with Crippen molar-refractivity contribution in [3.05, 3.63) is 28.8 Å². The molecule has 1 aromatic carbocycles. The van der Waals surface area contributed by atoms with Crippen LogP contribution in [0.1, 0.15) is 30.0 Å². The third-order valence-corrected chi connectivity index (χ3v) is 4.42. The quantitative estimate of drug-likeness (QED) is 0.888. The Hall–Kier alpha value is -1.06. The second-order valence-corrected chi connectivity index (χ2v) is 5.79. The minimum absolute atomic E-state index is 0.0719. The Balaban J connectivity index is 2.49. The van der Waals surface area contributed by atoms with Gasteiger partial charge in [0.25, 0.3) is 0 Å². The minimum atomic E-state index is 0.0719. The Morgan fingerprint density at radius 2 is 2.05 bits per heavy atom. The van der Waals surface area contributed by atoms with Gasteiger partial charge in [-0.3, -0.25) is 0 Å². The van der Waals surface area contributed by atoms with Gasteiger partial charge >= 0.3 is 0 Å². The Kier molecular flexibility index (Phi) is 4.16. The van der Waals surface area contributed by atoms with Gasteiger partial charge in [0.1, 0.15) is 5.75 Å². The van der Waals surface area contributed by atoms with Crippen LogP contribution in [-0.2, 0) is 10.2 Å². The van der Waals surface area contributed by atoms with E-state index in [0.717, 1.165) is 31.9 Å². The number of hydrogen-bond donors (Lipinski definition) is 1. The Morgan fingerprint density at radius 3 is 2.53 bits per heavy atom. The highest BCUT2D eigenvalue weighted by atomic mass is 16.5. The van der Waals surface area contributed by atoms with Gasteiger partial charge < -0.3 is 15.2 Å². The fraction of sp³-hybridized carbons (Fsp3) is 0.625. The number of benzene rings is 1. The van der Waals surface area contributed by atoms with E-state index in [1.54, 1.807) is 7.11 Å². The zero-order chi connectivity index (χ0) is 14.0. The molecule has 0 saturated carbocycles. The van der Waals surface area contributed by atoms with Gasteiger partial charge in [-0.25, -0.2) is 0 Å². The van der Waals surface area contributed by atoms with Crippen molar-refractivity contribution in [1.29, 1.82) is 0 Å². The fourth-order valence-electron chi connectivity index (χ4n) is 3.25. The van der Waals surface area contributed by atoms with Crippen LogP contribution in [-0.4, -0.2) is 26.9 Å². The summed E-state index contributed by atoms with van der Waals surface area (Å²) in [5, 5.41) is 0. The summed E-state index contributed by atoms with van der Waals surface area (Å²) in [5.74, 6) is 1.49. The van der Waals surface area contributed by atoms with Crippen LogP contribution in [0, 0.1) is 19.8 Å². The summed E-state index contributed by atoms with van der Waals surface area (Å²) in [4.78, 5) is 0. The lowest BCUT2D eigenvalue weighted by atomic mass is 9.66. The number of rotatable bonds is 5. The Morgan fingerprint density at radius 1 is 1.37 bits per heavy atom. The zero-order valence-electron chi connectivity index (χ0n) is 12.5. The Labute approximate surface area is 116 Å². The SMILES string of the molecule is COc1cc(C)cc(C)c1C1(C(C)CCN)COC1. The number of methoxy groups -OCH3 is 1. The van der Waals surface area contributed by atoms with Crippen LogP contribution in [0.5, 0.6) is 5.75 Å². The number of ether oxygens (including phenoxy) is 2. The van der Waals surface area contributed by atoms with E-state index in [1.807, 2.05) is 0 Å². The van der Waals surface area contributed by atoms with E-state index >= 15 is 0 Å². The van der Waals surface area contributed by atoms with E-state index in [4.69, 9.17) is 15.2 Å². The van der Waals surface area contributed by atoms with Crippen LogP contribution in [0.15, 0.2) is 12.1 Å². The highest BCUT2D eigenvalue weighted by molar-refractivity contribution is 5.49. The molecule has 3 nitrogen and oxygen atoms in total. The molecule has 1 saturated heterocycles. The maximum Gasteiger partial charge on any atom is 0.123 e. The molecule has 1 aromatic rings. The van der Waals surface area contributed by atoms with Crippen LogP contribution in [0.2, 0.25) is 0 Å². The first kappa shape index (κ1) is 14.4. The van der Waals surface area contributed by atoms with Crippen LogP contribution >= 0.6 is 0 Å². The molecule has 0 aromatic heterocycles. The van der Waals surface area contributed by atoms with Gasteiger partial charge in [0, 0.05) is 11.0 Å².